The number of amides is 3. The highest BCUT2D eigenvalue weighted by Crippen LogP contribution is 2.37. The Bertz CT molecular complexity index is 703. The molecule has 26 heavy (non-hydrogen) atoms. The summed E-state index contributed by atoms with van der Waals surface area (Å²) in [6, 6.07) is 8.03. The number of anilines is 1. The van der Waals surface area contributed by atoms with E-state index in [0.29, 0.717) is 6.42 Å². The Kier molecular flexibility index (Phi) is 4.69. The van der Waals surface area contributed by atoms with Crippen molar-refractivity contribution in [3.8, 4) is 0 Å². The molecular weight excluding hydrogens is 352 g/mol. The van der Waals surface area contributed by atoms with Crippen LogP contribution in [0.15, 0.2) is 24.3 Å². The van der Waals surface area contributed by atoms with E-state index in [0.717, 1.165) is 62.7 Å². The van der Waals surface area contributed by atoms with Gasteiger partial charge in [0.25, 0.3) is 0 Å². The standard InChI is InChI=1S/C19H25ClN4O2/c20-14-2-1-3-16(10-14)24-7-4-15(12-24)22-18(26)23-8-5-19(6-9-23)11-17(25)21-13-19/h1-3,10,15H,4-9,11-13H2,(H,21,25)(H,22,26). The van der Waals surface area contributed by atoms with E-state index in [9.17, 15) is 9.59 Å². The molecule has 3 amide bonds. The molecule has 3 aliphatic heterocycles. The lowest BCUT2D eigenvalue weighted by molar-refractivity contribution is -0.119. The average Bonchev–Trinajstić information content (AvgIpc) is 3.23. The van der Waals surface area contributed by atoms with Crippen LogP contribution in [-0.4, -0.2) is 55.6 Å². The summed E-state index contributed by atoms with van der Waals surface area (Å²) in [5.74, 6) is 0.148. The van der Waals surface area contributed by atoms with E-state index in [-0.39, 0.29) is 23.4 Å². The van der Waals surface area contributed by atoms with E-state index in [2.05, 4.69) is 21.6 Å². The summed E-state index contributed by atoms with van der Waals surface area (Å²) in [5, 5.41) is 6.85. The molecule has 0 aromatic heterocycles. The van der Waals surface area contributed by atoms with Crippen LogP contribution < -0.4 is 15.5 Å². The molecule has 1 aromatic rings. The molecule has 3 fully saturated rings. The van der Waals surface area contributed by atoms with Crippen LogP contribution in [0.2, 0.25) is 5.02 Å². The van der Waals surface area contributed by atoms with Gasteiger partial charge < -0.3 is 20.4 Å². The first kappa shape index (κ1) is 17.5. The van der Waals surface area contributed by atoms with Gasteiger partial charge in [-0.15, -0.1) is 0 Å². The summed E-state index contributed by atoms with van der Waals surface area (Å²) in [6.45, 7) is 3.94. The van der Waals surface area contributed by atoms with Crippen molar-refractivity contribution in [2.24, 2.45) is 5.41 Å². The number of halogens is 1. The van der Waals surface area contributed by atoms with Gasteiger partial charge in [0.15, 0.2) is 0 Å². The van der Waals surface area contributed by atoms with Crippen LogP contribution in [0.5, 0.6) is 0 Å². The first-order valence-corrected chi connectivity index (χ1v) is 9.74. The van der Waals surface area contributed by atoms with Gasteiger partial charge in [-0.1, -0.05) is 17.7 Å². The topological polar surface area (TPSA) is 64.7 Å². The number of urea groups is 1. The summed E-state index contributed by atoms with van der Waals surface area (Å²) in [4.78, 5) is 28.3. The fourth-order valence-corrected chi connectivity index (χ4v) is 4.53. The molecule has 1 spiro atoms. The minimum Gasteiger partial charge on any atom is -0.369 e. The van der Waals surface area contributed by atoms with Crippen molar-refractivity contribution in [2.45, 2.75) is 31.7 Å². The smallest absolute Gasteiger partial charge is 0.317 e. The number of rotatable bonds is 2. The van der Waals surface area contributed by atoms with E-state index >= 15 is 0 Å². The maximum atomic E-state index is 12.6. The normalized spacial score (nSPS) is 24.8. The fraction of sp³-hybridized carbons (Fsp3) is 0.579. The summed E-state index contributed by atoms with van der Waals surface area (Å²) < 4.78 is 0. The van der Waals surface area contributed by atoms with E-state index in [4.69, 9.17) is 11.6 Å². The van der Waals surface area contributed by atoms with Gasteiger partial charge >= 0.3 is 6.03 Å². The van der Waals surface area contributed by atoms with Gasteiger partial charge in [-0.2, -0.15) is 0 Å². The predicted octanol–water partition coefficient (Wildman–Crippen LogP) is 2.23. The molecule has 0 radical (unpaired) electrons. The van der Waals surface area contributed by atoms with Crippen LogP contribution >= 0.6 is 11.6 Å². The average molecular weight is 377 g/mol. The van der Waals surface area contributed by atoms with Crippen molar-refractivity contribution in [3.05, 3.63) is 29.3 Å². The molecule has 1 unspecified atom stereocenters. The number of nitrogens with one attached hydrogen (secondary N) is 2. The molecule has 6 nitrogen and oxygen atoms in total. The Morgan fingerprint density at radius 3 is 2.77 bits per heavy atom. The quantitative estimate of drug-likeness (QED) is 0.831. The van der Waals surface area contributed by atoms with Gasteiger partial charge in [-0.25, -0.2) is 4.79 Å². The number of piperidine rings is 1. The molecule has 1 atom stereocenters. The number of benzene rings is 1. The SMILES string of the molecule is O=C1CC2(CCN(C(=O)NC3CCN(c4cccc(Cl)c4)C3)CC2)CN1. The molecule has 3 aliphatic rings. The van der Waals surface area contributed by atoms with Crippen LogP contribution in [0.4, 0.5) is 10.5 Å². The Morgan fingerprint density at radius 2 is 2.08 bits per heavy atom. The number of hydrogen-bond donors (Lipinski definition) is 2. The minimum atomic E-state index is 0.0232. The number of likely N-dealkylation sites (tertiary alicyclic amines) is 1. The molecule has 0 aliphatic carbocycles. The van der Waals surface area contributed by atoms with Crippen LogP contribution in [-0.2, 0) is 4.79 Å². The summed E-state index contributed by atoms with van der Waals surface area (Å²) in [6.07, 6.45) is 3.35. The van der Waals surface area contributed by atoms with Crippen LogP contribution in [0.3, 0.4) is 0 Å². The second-order valence-electron chi connectivity index (χ2n) is 7.80. The third-order valence-electron chi connectivity index (χ3n) is 6.00. The Labute approximate surface area is 158 Å². The van der Waals surface area contributed by atoms with Gasteiger partial charge in [0.05, 0.1) is 0 Å². The first-order chi connectivity index (χ1) is 12.5. The number of nitrogens with zero attached hydrogens (tertiary/aromatic N) is 2. The lowest BCUT2D eigenvalue weighted by Gasteiger charge is -2.38. The zero-order chi connectivity index (χ0) is 18.1. The second-order valence-corrected chi connectivity index (χ2v) is 8.24. The van der Waals surface area contributed by atoms with Crippen LogP contribution in [0, 0.1) is 5.41 Å². The zero-order valence-corrected chi connectivity index (χ0v) is 15.6. The number of carbonyl (C=O) groups is 2. The summed E-state index contributed by atoms with van der Waals surface area (Å²) in [7, 11) is 0. The minimum absolute atomic E-state index is 0.0232. The van der Waals surface area contributed by atoms with Crippen molar-refractivity contribution >= 4 is 29.2 Å². The third-order valence-corrected chi connectivity index (χ3v) is 6.23. The largest absolute Gasteiger partial charge is 0.369 e. The number of hydrogen-bond acceptors (Lipinski definition) is 3. The molecular formula is C19H25ClN4O2. The summed E-state index contributed by atoms with van der Waals surface area (Å²) >= 11 is 6.08. The third kappa shape index (κ3) is 3.61. The molecule has 3 heterocycles. The number of carbonyl (C=O) groups excluding carboxylic acids is 2. The Balaban J connectivity index is 1.27. The highest BCUT2D eigenvalue weighted by Gasteiger charge is 2.41. The van der Waals surface area contributed by atoms with Gasteiger partial charge in [0.1, 0.15) is 0 Å². The molecule has 1 aromatic carbocycles. The van der Waals surface area contributed by atoms with E-state index in [1.54, 1.807) is 0 Å². The maximum Gasteiger partial charge on any atom is 0.317 e. The molecule has 0 bridgehead atoms. The molecule has 0 saturated carbocycles. The maximum absolute atomic E-state index is 12.6. The van der Waals surface area contributed by atoms with E-state index < -0.39 is 0 Å². The van der Waals surface area contributed by atoms with Gasteiger partial charge in [-0.05, 0) is 42.9 Å². The van der Waals surface area contributed by atoms with Gasteiger partial charge in [0, 0.05) is 55.9 Å². The lowest BCUT2D eigenvalue weighted by Crippen LogP contribution is -2.50. The van der Waals surface area contributed by atoms with Gasteiger partial charge in [0.2, 0.25) is 5.91 Å². The van der Waals surface area contributed by atoms with Crippen LogP contribution in [0.25, 0.3) is 0 Å². The van der Waals surface area contributed by atoms with Crippen molar-refractivity contribution in [1.29, 1.82) is 0 Å². The molecule has 2 N–H and O–H groups in total. The Hall–Kier alpha value is -1.95. The molecule has 3 saturated heterocycles. The Morgan fingerprint density at radius 1 is 1.27 bits per heavy atom. The van der Waals surface area contributed by atoms with E-state index in [1.165, 1.54) is 0 Å². The van der Waals surface area contributed by atoms with Crippen LogP contribution in [0.1, 0.15) is 25.7 Å². The fourth-order valence-electron chi connectivity index (χ4n) is 4.34. The van der Waals surface area contributed by atoms with Crippen molar-refractivity contribution in [1.82, 2.24) is 15.5 Å². The first-order valence-electron chi connectivity index (χ1n) is 9.36. The molecule has 4 rings (SSSR count). The van der Waals surface area contributed by atoms with Gasteiger partial charge in [-0.3, -0.25) is 4.79 Å². The highest BCUT2D eigenvalue weighted by molar-refractivity contribution is 6.30. The summed E-state index contributed by atoms with van der Waals surface area (Å²) in [5.41, 5.74) is 1.18. The highest BCUT2D eigenvalue weighted by atomic mass is 35.5. The van der Waals surface area contributed by atoms with Crippen molar-refractivity contribution < 1.29 is 9.59 Å². The molecule has 140 valence electrons. The van der Waals surface area contributed by atoms with E-state index in [1.807, 2.05) is 23.1 Å². The molecule has 7 heteroatoms. The van der Waals surface area contributed by atoms with Crippen molar-refractivity contribution in [3.63, 3.8) is 0 Å². The predicted molar refractivity (Wildman–Crippen MR) is 101 cm³/mol. The van der Waals surface area contributed by atoms with Crippen molar-refractivity contribution in [2.75, 3.05) is 37.6 Å². The second kappa shape index (κ2) is 6.99. The lowest BCUT2D eigenvalue weighted by atomic mass is 9.78. The zero-order valence-electron chi connectivity index (χ0n) is 14.8. The monoisotopic (exact) mass is 376 g/mol.